The molecule has 0 fully saturated rings. The second kappa shape index (κ2) is 9.46. The van der Waals surface area contributed by atoms with Gasteiger partial charge in [0, 0.05) is 17.7 Å². The number of nitrogens with one attached hydrogen (secondary N) is 1. The van der Waals surface area contributed by atoms with Crippen LogP contribution in [0.5, 0.6) is 11.5 Å². The molecular weight excluding hydrogens is 382 g/mol. The first-order valence-electron chi connectivity index (χ1n) is 11.0. The van der Waals surface area contributed by atoms with Gasteiger partial charge in [-0.25, -0.2) is 4.79 Å². The van der Waals surface area contributed by atoms with Crippen molar-refractivity contribution < 1.29 is 14.3 Å². The van der Waals surface area contributed by atoms with E-state index in [9.17, 15) is 4.79 Å². The summed E-state index contributed by atoms with van der Waals surface area (Å²) < 4.78 is 12.1. The van der Waals surface area contributed by atoms with Crippen molar-refractivity contribution in [1.82, 2.24) is 5.32 Å². The maximum absolute atomic E-state index is 12.0. The first-order valence-corrected chi connectivity index (χ1v) is 12.0. The number of hydrogen-bond donors (Lipinski definition) is 1. The molecule has 3 rings (SSSR count). The largest absolute Gasteiger partial charge is 0.482 e. The van der Waals surface area contributed by atoms with Crippen LogP contribution in [0, 0.1) is 5.92 Å². The molecule has 2 heterocycles. The molecule has 1 aromatic rings. The molecule has 0 saturated carbocycles. The Bertz CT molecular complexity index is 785. The Morgan fingerprint density at radius 3 is 2.83 bits per heavy atom. The van der Waals surface area contributed by atoms with E-state index in [1.807, 2.05) is 17.8 Å². The van der Waals surface area contributed by atoms with E-state index in [1.54, 1.807) is 7.05 Å². The normalized spacial score (nSPS) is 18.0. The lowest BCUT2D eigenvalue weighted by Gasteiger charge is -2.35. The number of carbonyl (C=O) groups is 1. The van der Waals surface area contributed by atoms with Crippen LogP contribution in [0.3, 0.4) is 0 Å². The molecule has 5 heteroatoms. The lowest BCUT2D eigenvalue weighted by Crippen LogP contribution is -2.33. The summed E-state index contributed by atoms with van der Waals surface area (Å²) >= 11 is 1.86. The van der Waals surface area contributed by atoms with Gasteiger partial charge in [0.05, 0.1) is 5.56 Å². The number of allylic oxidation sites excluding steroid dienone is 1. The van der Waals surface area contributed by atoms with E-state index in [2.05, 4.69) is 39.1 Å². The maximum Gasteiger partial charge on any atom is 0.412 e. The SMILES string of the molecule is CCCCCC(C)CCc1cc(OC(=O)NC)c2c(c1)OC(C)(C)C1=C2CCS1. The third-order valence-electron chi connectivity index (χ3n) is 5.85. The van der Waals surface area contributed by atoms with Crippen molar-refractivity contribution in [2.45, 2.75) is 78.2 Å². The van der Waals surface area contributed by atoms with Crippen LogP contribution in [0.25, 0.3) is 5.57 Å². The minimum absolute atomic E-state index is 0.333. The second-order valence-electron chi connectivity index (χ2n) is 8.76. The minimum Gasteiger partial charge on any atom is -0.482 e. The predicted molar refractivity (Wildman–Crippen MR) is 122 cm³/mol. The molecule has 160 valence electrons. The lowest BCUT2D eigenvalue weighted by molar-refractivity contribution is 0.153. The Hall–Kier alpha value is -1.62. The molecule has 0 aliphatic carbocycles. The summed E-state index contributed by atoms with van der Waals surface area (Å²) in [4.78, 5) is 13.3. The number of rotatable bonds is 8. The third-order valence-corrected chi connectivity index (χ3v) is 7.28. The number of hydrogen-bond acceptors (Lipinski definition) is 4. The standard InChI is InChI=1S/C24H35NO3S/c1-6-7-8-9-16(2)10-11-17-14-19(27-23(26)25-5)21-18-12-13-29-22(18)24(3,4)28-20(21)15-17/h14-16H,6-13H2,1-5H3,(H,25,26). The van der Waals surface area contributed by atoms with Gasteiger partial charge in [-0.05, 0) is 62.3 Å². The van der Waals surface area contributed by atoms with Gasteiger partial charge < -0.3 is 14.8 Å². The maximum atomic E-state index is 12.0. The fourth-order valence-electron chi connectivity index (χ4n) is 4.25. The minimum atomic E-state index is -0.435. The Morgan fingerprint density at radius 2 is 2.10 bits per heavy atom. The van der Waals surface area contributed by atoms with Gasteiger partial charge in [-0.3, -0.25) is 0 Å². The molecule has 0 radical (unpaired) electrons. The van der Waals surface area contributed by atoms with E-state index in [4.69, 9.17) is 9.47 Å². The van der Waals surface area contributed by atoms with Gasteiger partial charge >= 0.3 is 6.09 Å². The number of thioether (sulfide) groups is 1. The predicted octanol–water partition coefficient (Wildman–Crippen LogP) is 6.57. The van der Waals surface area contributed by atoms with Gasteiger partial charge in [0.1, 0.15) is 17.1 Å². The number of unbranched alkanes of at least 4 members (excludes halogenated alkanes) is 2. The summed E-state index contributed by atoms with van der Waals surface area (Å²) in [6.07, 6.45) is 7.81. The average Bonchev–Trinajstić information content (AvgIpc) is 3.17. The summed E-state index contributed by atoms with van der Waals surface area (Å²) in [5.41, 5.74) is 3.09. The fraction of sp³-hybridized carbons (Fsp3) is 0.625. The Labute approximate surface area is 179 Å². The zero-order chi connectivity index (χ0) is 21.0. The number of amides is 1. The Balaban J connectivity index is 1.87. The molecule has 1 aromatic carbocycles. The molecule has 0 spiro atoms. The number of ether oxygens (including phenoxy) is 2. The van der Waals surface area contributed by atoms with E-state index in [-0.39, 0.29) is 5.60 Å². The molecule has 0 bridgehead atoms. The van der Waals surface area contributed by atoms with E-state index >= 15 is 0 Å². The van der Waals surface area contributed by atoms with E-state index in [1.165, 1.54) is 41.7 Å². The third kappa shape index (κ3) is 5.11. The molecule has 2 aliphatic heterocycles. The van der Waals surface area contributed by atoms with Gasteiger partial charge in [0.25, 0.3) is 0 Å². The first kappa shape index (κ1) is 22.1. The highest BCUT2D eigenvalue weighted by molar-refractivity contribution is 8.03. The molecule has 1 unspecified atom stereocenters. The summed E-state index contributed by atoms with van der Waals surface area (Å²) in [5, 5.41) is 2.57. The second-order valence-corrected chi connectivity index (χ2v) is 9.87. The molecule has 1 amide bonds. The van der Waals surface area contributed by atoms with Crippen molar-refractivity contribution in [3.8, 4) is 11.5 Å². The molecule has 1 atom stereocenters. The molecule has 2 aliphatic rings. The highest BCUT2D eigenvalue weighted by Gasteiger charge is 2.39. The number of carbonyl (C=O) groups excluding carboxylic acids is 1. The van der Waals surface area contributed by atoms with Crippen LogP contribution in [0.4, 0.5) is 4.79 Å². The monoisotopic (exact) mass is 417 g/mol. The van der Waals surface area contributed by atoms with E-state index in [0.717, 1.165) is 36.3 Å². The summed E-state index contributed by atoms with van der Waals surface area (Å²) in [5.74, 6) is 3.22. The van der Waals surface area contributed by atoms with Gasteiger partial charge in [0.15, 0.2) is 0 Å². The van der Waals surface area contributed by atoms with Crippen molar-refractivity contribution >= 4 is 23.4 Å². The molecule has 0 aromatic heterocycles. The topological polar surface area (TPSA) is 47.6 Å². The average molecular weight is 418 g/mol. The van der Waals surface area contributed by atoms with Crippen LogP contribution in [-0.2, 0) is 6.42 Å². The Morgan fingerprint density at radius 1 is 1.31 bits per heavy atom. The number of benzene rings is 1. The summed E-state index contributed by atoms with van der Waals surface area (Å²) in [6.45, 7) is 8.84. The summed E-state index contributed by atoms with van der Waals surface area (Å²) in [7, 11) is 1.59. The van der Waals surface area contributed by atoms with Crippen LogP contribution in [0.2, 0.25) is 0 Å². The van der Waals surface area contributed by atoms with Crippen LogP contribution >= 0.6 is 11.8 Å². The van der Waals surface area contributed by atoms with Crippen LogP contribution < -0.4 is 14.8 Å². The van der Waals surface area contributed by atoms with Crippen LogP contribution in [0.15, 0.2) is 17.0 Å². The van der Waals surface area contributed by atoms with Gasteiger partial charge in [-0.2, -0.15) is 0 Å². The zero-order valence-electron chi connectivity index (χ0n) is 18.5. The number of aryl methyl sites for hydroxylation is 1. The van der Waals surface area contributed by atoms with Crippen molar-refractivity contribution in [2.75, 3.05) is 12.8 Å². The molecule has 1 N–H and O–H groups in total. The first-order chi connectivity index (χ1) is 13.9. The summed E-state index contributed by atoms with van der Waals surface area (Å²) in [6, 6.07) is 4.21. The van der Waals surface area contributed by atoms with Gasteiger partial charge in [-0.15, -0.1) is 11.8 Å². The molecular formula is C24H35NO3S. The van der Waals surface area contributed by atoms with Gasteiger partial charge in [0.2, 0.25) is 0 Å². The van der Waals surface area contributed by atoms with Crippen molar-refractivity contribution in [2.24, 2.45) is 5.92 Å². The number of fused-ring (bicyclic) bond motifs is 2. The van der Waals surface area contributed by atoms with Crippen molar-refractivity contribution in [3.05, 3.63) is 28.2 Å². The van der Waals surface area contributed by atoms with E-state index in [0.29, 0.717) is 11.7 Å². The smallest absolute Gasteiger partial charge is 0.412 e. The lowest BCUT2D eigenvalue weighted by atomic mass is 9.90. The zero-order valence-corrected chi connectivity index (χ0v) is 19.3. The van der Waals surface area contributed by atoms with Crippen molar-refractivity contribution in [1.29, 1.82) is 0 Å². The van der Waals surface area contributed by atoms with Crippen molar-refractivity contribution in [3.63, 3.8) is 0 Å². The van der Waals surface area contributed by atoms with Crippen LogP contribution in [0.1, 0.15) is 77.3 Å². The highest BCUT2D eigenvalue weighted by atomic mass is 32.2. The van der Waals surface area contributed by atoms with Gasteiger partial charge in [-0.1, -0.05) is 39.5 Å². The Kier molecular flexibility index (Phi) is 7.20. The molecule has 0 saturated heterocycles. The fourth-order valence-corrected chi connectivity index (χ4v) is 5.53. The highest BCUT2D eigenvalue weighted by Crippen LogP contribution is 2.54. The quantitative estimate of drug-likeness (QED) is 0.486. The van der Waals surface area contributed by atoms with Crippen LogP contribution in [-0.4, -0.2) is 24.5 Å². The molecule has 4 nitrogen and oxygen atoms in total. The van der Waals surface area contributed by atoms with E-state index < -0.39 is 6.09 Å². The molecule has 29 heavy (non-hydrogen) atoms.